The normalized spacial score (nSPS) is 13.9. The van der Waals surface area contributed by atoms with E-state index in [1.165, 1.54) is 22.3 Å². The molecule has 0 unspecified atom stereocenters. The Kier molecular flexibility index (Phi) is 16.2. The molecule has 4 heterocycles. The molecule has 6 aromatic rings. The summed E-state index contributed by atoms with van der Waals surface area (Å²) in [7, 11) is 0. The SMILES string of the molecule is CCCCC1(CCCC)c2cc(C#Cc3sc(/C=C/c4ccc(N(CC)CCO)cc4)c4c3OCCO4)ccc2-c2ccc(C#Cc3sc(/C=C/c4ccc(N(CC)CCO)cc4)c4c3OCCO4)cc21. The topological polar surface area (TPSA) is 83.9 Å². The molecule has 0 bridgehead atoms. The van der Waals surface area contributed by atoms with E-state index in [0.717, 1.165) is 128 Å². The molecule has 3 aliphatic rings. The number of ether oxygens (including phenoxy) is 4. The molecule has 4 aromatic carbocycles. The van der Waals surface area contributed by atoms with Gasteiger partial charge in [-0.15, -0.1) is 22.7 Å². The minimum Gasteiger partial charge on any atom is -0.485 e. The summed E-state index contributed by atoms with van der Waals surface area (Å²) in [5.74, 6) is 17.1. The lowest BCUT2D eigenvalue weighted by Gasteiger charge is -2.33. The van der Waals surface area contributed by atoms with Crippen molar-refractivity contribution in [2.24, 2.45) is 0 Å². The number of aliphatic hydroxyl groups is 2. The van der Waals surface area contributed by atoms with Crippen molar-refractivity contribution >= 4 is 58.4 Å². The van der Waals surface area contributed by atoms with E-state index in [0.29, 0.717) is 39.5 Å². The second-order valence-corrected chi connectivity index (χ2v) is 20.2. The largest absolute Gasteiger partial charge is 0.485 e. The maximum absolute atomic E-state index is 9.48. The lowest BCUT2D eigenvalue weighted by Crippen LogP contribution is -2.25. The lowest BCUT2D eigenvalue weighted by atomic mass is 9.70. The van der Waals surface area contributed by atoms with Crippen molar-refractivity contribution in [2.45, 2.75) is 71.6 Å². The van der Waals surface area contributed by atoms with Gasteiger partial charge in [0, 0.05) is 54.1 Å². The second kappa shape index (κ2) is 23.2. The highest BCUT2D eigenvalue weighted by molar-refractivity contribution is 7.14. The number of fused-ring (bicyclic) bond motifs is 5. The Bertz CT molecular complexity index is 2790. The average molecular weight is 985 g/mol. The van der Waals surface area contributed by atoms with Crippen molar-refractivity contribution < 1.29 is 29.2 Å². The predicted octanol–water partition coefficient (Wildman–Crippen LogP) is 12.8. The molecule has 0 amide bonds. The van der Waals surface area contributed by atoms with Crippen molar-refractivity contribution in [1.29, 1.82) is 0 Å². The van der Waals surface area contributed by atoms with Gasteiger partial charge in [0.05, 0.1) is 23.0 Å². The van der Waals surface area contributed by atoms with Crippen LogP contribution in [0.1, 0.15) is 119 Å². The Hall–Kier alpha value is -6.40. The van der Waals surface area contributed by atoms with E-state index in [9.17, 15) is 10.2 Å². The molecule has 71 heavy (non-hydrogen) atoms. The van der Waals surface area contributed by atoms with Crippen LogP contribution in [0.2, 0.25) is 0 Å². The molecule has 0 saturated carbocycles. The summed E-state index contributed by atoms with van der Waals surface area (Å²) < 4.78 is 24.8. The fraction of sp³-hybridized carbons (Fsp3) is 0.344. The molecule has 1 aliphatic carbocycles. The van der Waals surface area contributed by atoms with E-state index < -0.39 is 0 Å². The van der Waals surface area contributed by atoms with Gasteiger partial charge in [0.2, 0.25) is 0 Å². The first-order chi connectivity index (χ1) is 34.9. The van der Waals surface area contributed by atoms with E-state index in [2.05, 4.69) is 170 Å². The number of hydrogen-bond acceptors (Lipinski definition) is 10. The van der Waals surface area contributed by atoms with Gasteiger partial charge in [0.1, 0.15) is 36.2 Å². The van der Waals surface area contributed by atoms with Crippen molar-refractivity contribution in [1.82, 2.24) is 0 Å². The molecular formula is C61H64N2O6S2. The smallest absolute Gasteiger partial charge is 0.188 e. The second-order valence-electron chi connectivity index (χ2n) is 18.1. The first-order valence-electron chi connectivity index (χ1n) is 25.4. The molecule has 0 fully saturated rings. The molecule has 8 nitrogen and oxygen atoms in total. The highest BCUT2D eigenvalue weighted by Crippen LogP contribution is 2.55. The van der Waals surface area contributed by atoms with Gasteiger partial charge in [-0.25, -0.2) is 0 Å². The van der Waals surface area contributed by atoms with Gasteiger partial charge < -0.3 is 39.0 Å². The first-order valence-corrected chi connectivity index (χ1v) is 27.0. The van der Waals surface area contributed by atoms with E-state index >= 15 is 0 Å². The van der Waals surface area contributed by atoms with Crippen LogP contribution in [-0.4, -0.2) is 76.0 Å². The molecule has 366 valence electrons. The highest BCUT2D eigenvalue weighted by Gasteiger charge is 2.42. The molecule has 2 aliphatic heterocycles. The summed E-state index contributed by atoms with van der Waals surface area (Å²) >= 11 is 3.21. The van der Waals surface area contributed by atoms with Crippen LogP contribution in [-0.2, 0) is 5.41 Å². The number of nitrogens with zero attached hydrogens (tertiary/aromatic N) is 2. The van der Waals surface area contributed by atoms with Gasteiger partial charge in [0.25, 0.3) is 0 Å². The van der Waals surface area contributed by atoms with Crippen LogP contribution in [0.25, 0.3) is 35.4 Å². The van der Waals surface area contributed by atoms with Crippen molar-refractivity contribution in [3.05, 3.63) is 138 Å². The quantitative estimate of drug-likeness (QED) is 0.0824. The summed E-state index contributed by atoms with van der Waals surface area (Å²) in [4.78, 5) is 8.02. The fourth-order valence-corrected chi connectivity index (χ4v) is 11.9. The third kappa shape index (κ3) is 10.8. The van der Waals surface area contributed by atoms with Crippen LogP contribution in [0.4, 0.5) is 11.4 Å². The average Bonchev–Trinajstić information content (AvgIpc) is 4.05. The number of aliphatic hydroxyl groups excluding tert-OH is 2. The Morgan fingerprint density at radius 2 is 0.930 bits per heavy atom. The summed E-state index contributed by atoms with van der Waals surface area (Å²) in [6, 6.07) is 30.4. The maximum Gasteiger partial charge on any atom is 0.188 e. The van der Waals surface area contributed by atoms with Crippen molar-refractivity contribution in [3.8, 4) is 57.8 Å². The van der Waals surface area contributed by atoms with E-state index in [-0.39, 0.29) is 18.6 Å². The molecule has 2 N–H and O–H groups in total. The molecule has 10 heteroatoms. The maximum atomic E-state index is 9.48. The third-order valence-electron chi connectivity index (χ3n) is 13.6. The number of unbranched alkanes of at least 4 members (excludes halogenated alkanes) is 2. The van der Waals surface area contributed by atoms with Crippen LogP contribution in [0.5, 0.6) is 23.0 Å². The molecular weight excluding hydrogens is 921 g/mol. The Morgan fingerprint density at radius 1 is 0.521 bits per heavy atom. The zero-order chi connectivity index (χ0) is 49.2. The van der Waals surface area contributed by atoms with Gasteiger partial charge in [-0.2, -0.15) is 0 Å². The van der Waals surface area contributed by atoms with Crippen molar-refractivity contribution in [2.75, 3.05) is 75.6 Å². The van der Waals surface area contributed by atoms with Gasteiger partial charge in [-0.05, 0) is 133 Å². The third-order valence-corrected chi connectivity index (χ3v) is 15.7. The van der Waals surface area contributed by atoms with Crippen molar-refractivity contribution in [3.63, 3.8) is 0 Å². The summed E-state index contributed by atoms with van der Waals surface area (Å²) in [5.41, 5.74) is 11.5. The van der Waals surface area contributed by atoms with Crippen LogP contribution in [0, 0.1) is 23.7 Å². The zero-order valence-corrected chi connectivity index (χ0v) is 43.1. The Balaban J connectivity index is 0.997. The number of thiophene rings is 2. The van der Waals surface area contributed by atoms with Crippen LogP contribution in [0.3, 0.4) is 0 Å². The van der Waals surface area contributed by atoms with Crippen LogP contribution in [0.15, 0.2) is 84.9 Å². The molecule has 2 aromatic heterocycles. The van der Waals surface area contributed by atoms with Gasteiger partial charge in [-0.1, -0.05) is 99.9 Å². The molecule has 9 rings (SSSR count). The Morgan fingerprint density at radius 3 is 1.31 bits per heavy atom. The standard InChI is InChI=1S/C61H64N2O6S2/c1-5-9-31-61(32-10-6-2)51-41-45(19-29-55-59-57(66-37-39-68-59)53(70-55)27-17-43-11-21-47(22-12-43)62(7-3)33-35-64)15-25-49(51)50-26-16-46(42-52(50)61)20-30-56-60-58(67-38-40-69-60)54(71-56)28-18-44-13-23-48(24-14-44)63(8-4)34-36-65/h11-18,21-28,41-42,64-65H,5-10,31-40H2,1-4H3/b27-17+,28-18+. The number of rotatable bonds is 18. The molecule has 0 radical (unpaired) electrons. The van der Waals surface area contributed by atoms with Crippen LogP contribution >= 0.6 is 22.7 Å². The number of hydrogen-bond donors (Lipinski definition) is 2. The first kappa shape index (κ1) is 49.6. The number of likely N-dealkylation sites (N-methyl/N-ethyl adjacent to an activating group) is 2. The van der Waals surface area contributed by atoms with Gasteiger partial charge in [-0.3, -0.25) is 0 Å². The minimum absolute atomic E-state index is 0.126. The summed E-state index contributed by atoms with van der Waals surface area (Å²) in [5, 5.41) is 19.0. The van der Waals surface area contributed by atoms with Gasteiger partial charge >= 0.3 is 0 Å². The molecule has 0 spiro atoms. The zero-order valence-electron chi connectivity index (χ0n) is 41.4. The number of benzene rings is 4. The minimum atomic E-state index is -0.155. The van der Waals surface area contributed by atoms with E-state index in [1.807, 2.05) is 0 Å². The van der Waals surface area contributed by atoms with Crippen LogP contribution < -0.4 is 28.7 Å². The number of anilines is 2. The summed E-state index contributed by atoms with van der Waals surface area (Å²) in [6.45, 7) is 13.9. The monoisotopic (exact) mass is 984 g/mol. The van der Waals surface area contributed by atoms with E-state index in [4.69, 9.17) is 18.9 Å². The highest BCUT2D eigenvalue weighted by atomic mass is 32.1. The predicted molar refractivity (Wildman–Crippen MR) is 295 cm³/mol. The summed E-state index contributed by atoms with van der Waals surface area (Å²) in [6.07, 6.45) is 15.0. The fourth-order valence-electron chi connectivity index (χ4n) is 9.98. The Labute approximate surface area is 428 Å². The van der Waals surface area contributed by atoms with E-state index in [1.54, 1.807) is 22.7 Å². The lowest BCUT2D eigenvalue weighted by molar-refractivity contribution is 0.173. The molecule has 0 saturated heterocycles. The van der Waals surface area contributed by atoms with Gasteiger partial charge in [0.15, 0.2) is 23.0 Å². The molecule has 0 atom stereocenters.